The average molecular weight is 349 g/mol. The molecule has 0 atom stereocenters. The fourth-order valence-corrected chi connectivity index (χ4v) is 2.68. The highest BCUT2D eigenvalue weighted by Crippen LogP contribution is 2.16. The van der Waals surface area contributed by atoms with Gasteiger partial charge in [-0.1, -0.05) is 36.4 Å². The van der Waals surface area contributed by atoms with E-state index in [1.165, 1.54) is 17.4 Å². The summed E-state index contributed by atoms with van der Waals surface area (Å²) < 4.78 is 0. The lowest BCUT2D eigenvalue weighted by molar-refractivity contribution is -0.121. The standard InChI is InChI=1S/C21H23N3O2/c1-17(25)24(20-11-5-9-19(15-20)16-22)14-12-21(26)23-13-6-10-18-7-3-2-4-8-18/h2-5,7-9,11,15H,6,10,12-14H2,1H3,(H,23,26). The van der Waals surface area contributed by atoms with Crippen molar-refractivity contribution in [3.8, 4) is 6.07 Å². The number of hydrogen-bond acceptors (Lipinski definition) is 3. The topological polar surface area (TPSA) is 73.2 Å². The van der Waals surface area contributed by atoms with E-state index < -0.39 is 0 Å². The first-order chi connectivity index (χ1) is 12.6. The van der Waals surface area contributed by atoms with Crippen molar-refractivity contribution in [1.29, 1.82) is 5.26 Å². The van der Waals surface area contributed by atoms with Crippen LogP contribution < -0.4 is 10.2 Å². The van der Waals surface area contributed by atoms with Crippen molar-refractivity contribution in [2.75, 3.05) is 18.0 Å². The lowest BCUT2D eigenvalue weighted by atomic mass is 10.1. The Morgan fingerprint density at radius 3 is 2.58 bits per heavy atom. The van der Waals surface area contributed by atoms with Gasteiger partial charge in [-0.2, -0.15) is 5.26 Å². The minimum absolute atomic E-state index is 0.0826. The minimum Gasteiger partial charge on any atom is -0.356 e. The third-order valence-electron chi connectivity index (χ3n) is 4.04. The Morgan fingerprint density at radius 2 is 1.88 bits per heavy atom. The van der Waals surface area contributed by atoms with E-state index in [4.69, 9.17) is 5.26 Å². The highest BCUT2D eigenvalue weighted by Gasteiger charge is 2.13. The number of anilines is 1. The van der Waals surface area contributed by atoms with Gasteiger partial charge in [-0.3, -0.25) is 9.59 Å². The summed E-state index contributed by atoms with van der Waals surface area (Å²) in [6.07, 6.45) is 2.01. The van der Waals surface area contributed by atoms with E-state index in [-0.39, 0.29) is 24.8 Å². The quantitative estimate of drug-likeness (QED) is 0.745. The van der Waals surface area contributed by atoms with Crippen molar-refractivity contribution in [1.82, 2.24) is 5.32 Å². The normalized spacial score (nSPS) is 10.0. The predicted octanol–water partition coefficient (Wildman–Crippen LogP) is 3.05. The number of nitriles is 1. The molecular formula is C21H23N3O2. The maximum Gasteiger partial charge on any atom is 0.223 e. The monoisotopic (exact) mass is 349 g/mol. The summed E-state index contributed by atoms with van der Waals surface area (Å²) in [6.45, 7) is 2.35. The third kappa shape index (κ3) is 6.06. The molecule has 5 nitrogen and oxygen atoms in total. The summed E-state index contributed by atoms with van der Waals surface area (Å²) in [5, 5.41) is 11.9. The van der Waals surface area contributed by atoms with Crippen LogP contribution in [-0.4, -0.2) is 24.9 Å². The number of carbonyl (C=O) groups is 2. The van der Waals surface area contributed by atoms with Crippen LogP contribution >= 0.6 is 0 Å². The second-order valence-corrected chi connectivity index (χ2v) is 6.02. The molecule has 2 aromatic rings. The molecule has 0 saturated carbocycles. The summed E-state index contributed by atoms with van der Waals surface area (Å²) in [6, 6.07) is 19.0. The maximum atomic E-state index is 12.0. The largest absolute Gasteiger partial charge is 0.356 e. The zero-order chi connectivity index (χ0) is 18.8. The fourth-order valence-electron chi connectivity index (χ4n) is 2.68. The first-order valence-corrected chi connectivity index (χ1v) is 8.69. The van der Waals surface area contributed by atoms with Gasteiger partial charge >= 0.3 is 0 Å². The second kappa shape index (κ2) is 10.00. The molecule has 0 aliphatic carbocycles. The summed E-state index contributed by atoms with van der Waals surface area (Å²) in [5.74, 6) is -0.238. The summed E-state index contributed by atoms with van der Waals surface area (Å²) in [5.41, 5.74) is 2.37. The van der Waals surface area contributed by atoms with Gasteiger partial charge in [0.15, 0.2) is 0 Å². The van der Waals surface area contributed by atoms with Gasteiger partial charge < -0.3 is 10.2 Å². The number of benzene rings is 2. The number of nitrogens with one attached hydrogen (secondary N) is 1. The Morgan fingerprint density at radius 1 is 1.12 bits per heavy atom. The molecule has 5 heteroatoms. The smallest absolute Gasteiger partial charge is 0.223 e. The Balaban J connectivity index is 1.78. The minimum atomic E-state index is -0.156. The molecule has 0 radical (unpaired) electrons. The molecule has 1 N–H and O–H groups in total. The van der Waals surface area contributed by atoms with Gasteiger partial charge in [0.05, 0.1) is 11.6 Å². The van der Waals surface area contributed by atoms with E-state index in [1.807, 2.05) is 18.2 Å². The van der Waals surface area contributed by atoms with Gasteiger partial charge in [-0.15, -0.1) is 0 Å². The molecule has 0 aromatic heterocycles. The zero-order valence-electron chi connectivity index (χ0n) is 14.9. The number of amides is 2. The molecule has 0 aliphatic heterocycles. The number of rotatable bonds is 8. The lowest BCUT2D eigenvalue weighted by Crippen LogP contribution is -2.34. The zero-order valence-corrected chi connectivity index (χ0v) is 14.9. The summed E-state index contributed by atoms with van der Waals surface area (Å²) >= 11 is 0. The molecule has 0 spiro atoms. The highest BCUT2D eigenvalue weighted by molar-refractivity contribution is 5.92. The summed E-state index contributed by atoms with van der Waals surface area (Å²) in [7, 11) is 0. The van der Waals surface area contributed by atoms with Crippen LogP contribution in [0.5, 0.6) is 0 Å². The Labute approximate surface area is 154 Å². The van der Waals surface area contributed by atoms with E-state index in [0.29, 0.717) is 17.8 Å². The molecule has 0 aliphatic rings. The summed E-state index contributed by atoms with van der Waals surface area (Å²) in [4.78, 5) is 25.4. The Bertz CT molecular complexity index is 781. The highest BCUT2D eigenvalue weighted by atomic mass is 16.2. The SMILES string of the molecule is CC(=O)N(CCC(=O)NCCCc1ccccc1)c1cccc(C#N)c1. The molecule has 0 fully saturated rings. The van der Waals surface area contributed by atoms with Crippen LogP contribution in [0.2, 0.25) is 0 Å². The van der Waals surface area contributed by atoms with E-state index in [9.17, 15) is 9.59 Å². The van der Waals surface area contributed by atoms with Crippen LogP contribution in [-0.2, 0) is 16.0 Å². The van der Waals surface area contributed by atoms with Crippen molar-refractivity contribution in [3.63, 3.8) is 0 Å². The van der Waals surface area contributed by atoms with Crippen LogP contribution in [0.1, 0.15) is 30.9 Å². The average Bonchev–Trinajstić information content (AvgIpc) is 2.66. The molecule has 2 amide bonds. The van der Waals surface area contributed by atoms with Crippen molar-refractivity contribution in [2.45, 2.75) is 26.2 Å². The number of nitrogens with zero attached hydrogens (tertiary/aromatic N) is 2. The first kappa shape index (κ1) is 19.2. The lowest BCUT2D eigenvalue weighted by Gasteiger charge is -2.21. The van der Waals surface area contributed by atoms with Crippen LogP contribution in [0.25, 0.3) is 0 Å². The number of aryl methyl sites for hydroxylation is 1. The maximum absolute atomic E-state index is 12.0. The van der Waals surface area contributed by atoms with Crippen molar-refractivity contribution < 1.29 is 9.59 Å². The molecule has 2 aromatic carbocycles. The van der Waals surface area contributed by atoms with Crippen LogP contribution in [0, 0.1) is 11.3 Å². The van der Waals surface area contributed by atoms with Gasteiger partial charge in [0.1, 0.15) is 0 Å². The molecule has 0 bridgehead atoms. The van der Waals surface area contributed by atoms with Crippen LogP contribution in [0.15, 0.2) is 54.6 Å². The molecule has 134 valence electrons. The van der Waals surface area contributed by atoms with E-state index in [0.717, 1.165) is 12.8 Å². The van der Waals surface area contributed by atoms with E-state index in [1.54, 1.807) is 24.3 Å². The van der Waals surface area contributed by atoms with Crippen LogP contribution in [0.4, 0.5) is 5.69 Å². The predicted molar refractivity (Wildman–Crippen MR) is 102 cm³/mol. The Hall–Kier alpha value is -3.13. The first-order valence-electron chi connectivity index (χ1n) is 8.69. The second-order valence-electron chi connectivity index (χ2n) is 6.02. The molecule has 2 rings (SSSR count). The van der Waals surface area contributed by atoms with Gasteiger partial charge in [0, 0.05) is 32.1 Å². The van der Waals surface area contributed by atoms with Gasteiger partial charge in [0.2, 0.25) is 11.8 Å². The molecule has 26 heavy (non-hydrogen) atoms. The van der Waals surface area contributed by atoms with Gasteiger partial charge in [-0.05, 0) is 36.6 Å². The van der Waals surface area contributed by atoms with E-state index >= 15 is 0 Å². The molecule has 0 saturated heterocycles. The third-order valence-corrected chi connectivity index (χ3v) is 4.04. The fraction of sp³-hybridized carbons (Fsp3) is 0.286. The van der Waals surface area contributed by atoms with E-state index in [2.05, 4.69) is 23.5 Å². The molecular weight excluding hydrogens is 326 g/mol. The van der Waals surface area contributed by atoms with Crippen molar-refractivity contribution in [2.24, 2.45) is 0 Å². The van der Waals surface area contributed by atoms with Crippen molar-refractivity contribution in [3.05, 3.63) is 65.7 Å². The number of carbonyl (C=O) groups excluding carboxylic acids is 2. The molecule has 0 heterocycles. The van der Waals surface area contributed by atoms with Crippen molar-refractivity contribution >= 4 is 17.5 Å². The van der Waals surface area contributed by atoms with Gasteiger partial charge in [-0.25, -0.2) is 0 Å². The van der Waals surface area contributed by atoms with Gasteiger partial charge in [0.25, 0.3) is 0 Å². The van der Waals surface area contributed by atoms with Crippen LogP contribution in [0.3, 0.4) is 0 Å². The Kier molecular flexibility index (Phi) is 7.38. The molecule has 0 unspecified atom stereocenters. The number of hydrogen-bond donors (Lipinski definition) is 1.